The molecule has 50 heavy (non-hydrogen) atoms. The lowest BCUT2D eigenvalue weighted by molar-refractivity contribution is 0.0844. The van der Waals surface area contributed by atoms with Gasteiger partial charge >= 0.3 is 0 Å². The molecule has 0 spiro atoms. The molecule has 0 heterocycles. The summed E-state index contributed by atoms with van der Waals surface area (Å²) in [6.07, 6.45) is 7.40. The Labute approximate surface area is 294 Å². The Morgan fingerprint density at radius 1 is 0.400 bits per heavy atom. The number of nitrogens with one attached hydrogen (secondary N) is 4. The third-order valence-corrected chi connectivity index (χ3v) is 7.42. The number of hydrogen-bond donors (Lipinski definition) is 4. The van der Waals surface area contributed by atoms with Crippen LogP contribution in [0.2, 0.25) is 0 Å². The van der Waals surface area contributed by atoms with Crippen LogP contribution < -0.4 is 40.7 Å². The number of benzene rings is 3. The number of amides is 4. The van der Waals surface area contributed by atoms with Crippen molar-refractivity contribution in [3.63, 3.8) is 0 Å². The average molecular weight is 691 g/mol. The van der Waals surface area contributed by atoms with Gasteiger partial charge in [0.1, 0.15) is 0 Å². The molecule has 0 atom stereocenters. The number of carbonyl (C=O) groups excluding carboxylic acids is 4. The van der Waals surface area contributed by atoms with Gasteiger partial charge in [0.05, 0.1) is 26.4 Å². The number of hydrogen-bond acceptors (Lipinski definition) is 8. The van der Waals surface area contributed by atoms with Crippen molar-refractivity contribution < 1.29 is 38.1 Å². The molecule has 0 unspecified atom stereocenters. The fourth-order valence-electron chi connectivity index (χ4n) is 4.36. The highest BCUT2D eigenvalue weighted by Gasteiger charge is 2.16. The number of ether oxygens (including phenoxy) is 4. The van der Waals surface area contributed by atoms with Gasteiger partial charge in [-0.2, -0.15) is 0 Å². The molecule has 0 radical (unpaired) electrons. The fraction of sp³-hybridized carbons (Fsp3) is 0.421. The van der Waals surface area contributed by atoms with Crippen LogP contribution in [0.15, 0.2) is 60.7 Å². The van der Waals surface area contributed by atoms with Crippen LogP contribution in [0.5, 0.6) is 23.0 Å². The van der Waals surface area contributed by atoms with E-state index < -0.39 is 23.6 Å². The van der Waals surface area contributed by atoms with Gasteiger partial charge in [-0.25, -0.2) is 0 Å². The molecule has 3 aromatic carbocycles. The molecule has 0 saturated carbocycles. The minimum atomic E-state index is -0.586. The van der Waals surface area contributed by atoms with Gasteiger partial charge in [0, 0.05) is 22.3 Å². The van der Waals surface area contributed by atoms with Gasteiger partial charge in [-0.15, -0.1) is 0 Å². The molecule has 0 aromatic heterocycles. The summed E-state index contributed by atoms with van der Waals surface area (Å²) < 4.78 is 23.4. The van der Waals surface area contributed by atoms with Gasteiger partial charge in [-0.3, -0.25) is 40.9 Å². The molecule has 3 aromatic rings. The van der Waals surface area contributed by atoms with E-state index in [-0.39, 0.29) is 22.3 Å². The summed E-state index contributed by atoms with van der Waals surface area (Å²) in [6.45, 7) is 10.3. The van der Waals surface area contributed by atoms with Gasteiger partial charge in [0.2, 0.25) is 0 Å². The van der Waals surface area contributed by atoms with Crippen molar-refractivity contribution in [1.29, 1.82) is 0 Å². The van der Waals surface area contributed by atoms with Crippen molar-refractivity contribution in [2.75, 3.05) is 26.4 Å². The zero-order valence-electron chi connectivity index (χ0n) is 29.5. The minimum absolute atomic E-state index is 0.200. The van der Waals surface area contributed by atoms with Crippen LogP contribution in [0.25, 0.3) is 0 Å². The first-order chi connectivity index (χ1) is 24.3. The predicted octanol–water partition coefficient (Wildman–Crippen LogP) is 6.55. The molecule has 0 saturated heterocycles. The molecular weight excluding hydrogens is 640 g/mol. The summed E-state index contributed by atoms with van der Waals surface area (Å²) in [5.41, 5.74) is 10.5. The van der Waals surface area contributed by atoms with Crippen molar-refractivity contribution in [2.45, 2.75) is 79.1 Å². The number of unbranched alkanes of at least 4 members (excludes halogenated alkanes) is 4. The Bertz CT molecular complexity index is 1430. The van der Waals surface area contributed by atoms with Gasteiger partial charge < -0.3 is 18.9 Å². The molecule has 270 valence electrons. The minimum Gasteiger partial charge on any atom is -0.490 e. The Hall–Kier alpha value is -5.26. The van der Waals surface area contributed by atoms with E-state index >= 15 is 0 Å². The molecule has 0 aliphatic heterocycles. The highest BCUT2D eigenvalue weighted by molar-refractivity contribution is 6.01. The van der Waals surface area contributed by atoms with Gasteiger partial charge in [0.25, 0.3) is 23.6 Å². The maximum atomic E-state index is 12.8. The van der Waals surface area contributed by atoms with E-state index in [0.29, 0.717) is 49.4 Å². The monoisotopic (exact) mass is 690 g/mol. The first kappa shape index (κ1) is 39.2. The van der Waals surface area contributed by atoms with Crippen LogP contribution in [0, 0.1) is 0 Å². The first-order valence-electron chi connectivity index (χ1n) is 17.4. The normalized spacial score (nSPS) is 10.5. The quantitative estimate of drug-likeness (QED) is 0.0769. The van der Waals surface area contributed by atoms with Crippen LogP contribution in [0.1, 0.15) is 120 Å². The lowest BCUT2D eigenvalue weighted by atomic mass is 10.1. The van der Waals surface area contributed by atoms with Crippen molar-refractivity contribution in [1.82, 2.24) is 21.7 Å². The standard InChI is InChI=1S/C38H50N4O8/c1-5-9-21-47-31-19-17-29(25-33(31)49-23-11-7-3)37(45)41-39-35(43)27-13-15-28(16-14-27)36(44)40-42-38(46)30-18-20-32(48-22-10-6-2)34(26-30)50-24-12-8-4/h13-20,25-26H,5-12,21-24H2,1-4H3,(H,39,43)(H,40,44)(H,41,45)(H,42,46). The average Bonchev–Trinajstić information content (AvgIpc) is 3.14. The summed E-state index contributed by atoms with van der Waals surface area (Å²) in [5, 5.41) is 0. The van der Waals surface area contributed by atoms with E-state index in [1.165, 1.54) is 24.3 Å². The maximum Gasteiger partial charge on any atom is 0.269 e. The molecular formula is C38H50N4O8. The largest absolute Gasteiger partial charge is 0.490 e. The maximum absolute atomic E-state index is 12.8. The molecule has 3 rings (SSSR count). The topological polar surface area (TPSA) is 153 Å². The van der Waals surface area contributed by atoms with Crippen LogP contribution in [-0.2, 0) is 0 Å². The third-order valence-electron chi connectivity index (χ3n) is 7.42. The van der Waals surface area contributed by atoms with E-state index in [1.54, 1.807) is 36.4 Å². The fourth-order valence-corrected chi connectivity index (χ4v) is 4.36. The van der Waals surface area contributed by atoms with E-state index in [4.69, 9.17) is 18.9 Å². The first-order valence-corrected chi connectivity index (χ1v) is 17.4. The van der Waals surface area contributed by atoms with Gasteiger partial charge in [0.15, 0.2) is 23.0 Å². The van der Waals surface area contributed by atoms with Crippen LogP contribution in [-0.4, -0.2) is 50.1 Å². The second-order valence-corrected chi connectivity index (χ2v) is 11.5. The molecule has 12 nitrogen and oxygen atoms in total. The molecule has 0 fully saturated rings. The lowest BCUT2D eigenvalue weighted by Crippen LogP contribution is -2.42. The number of hydrazine groups is 2. The second kappa shape index (κ2) is 21.7. The highest BCUT2D eigenvalue weighted by Crippen LogP contribution is 2.30. The summed E-state index contributed by atoms with van der Waals surface area (Å²) in [4.78, 5) is 51.1. The summed E-state index contributed by atoms with van der Waals surface area (Å²) in [5.74, 6) is -0.208. The molecule has 0 aliphatic carbocycles. The third kappa shape index (κ3) is 12.6. The zero-order chi connectivity index (χ0) is 36.1. The molecule has 0 bridgehead atoms. The second-order valence-electron chi connectivity index (χ2n) is 11.5. The van der Waals surface area contributed by atoms with Crippen molar-refractivity contribution in [2.24, 2.45) is 0 Å². The SMILES string of the molecule is CCCCOc1ccc(C(=O)NNC(=O)c2ccc(C(=O)NNC(=O)c3ccc(OCCCC)c(OCCCC)c3)cc2)cc1OCCCC. The Balaban J connectivity index is 1.54. The van der Waals surface area contributed by atoms with Crippen LogP contribution in [0.4, 0.5) is 0 Å². The smallest absolute Gasteiger partial charge is 0.269 e. The zero-order valence-corrected chi connectivity index (χ0v) is 29.5. The Kier molecular flexibility index (Phi) is 17.0. The van der Waals surface area contributed by atoms with Gasteiger partial charge in [-0.1, -0.05) is 53.4 Å². The summed E-state index contributed by atoms with van der Waals surface area (Å²) in [6, 6.07) is 15.4. The van der Waals surface area contributed by atoms with Crippen molar-refractivity contribution >= 4 is 23.6 Å². The Morgan fingerprint density at radius 3 is 0.960 bits per heavy atom. The highest BCUT2D eigenvalue weighted by atomic mass is 16.5. The van der Waals surface area contributed by atoms with E-state index in [9.17, 15) is 19.2 Å². The van der Waals surface area contributed by atoms with E-state index in [2.05, 4.69) is 49.4 Å². The molecule has 4 amide bonds. The van der Waals surface area contributed by atoms with E-state index in [0.717, 1.165) is 51.4 Å². The summed E-state index contributed by atoms with van der Waals surface area (Å²) in [7, 11) is 0. The number of rotatable bonds is 20. The molecule has 0 aliphatic rings. The van der Waals surface area contributed by atoms with Crippen LogP contribution in [0.3, 0.4) is 0 Å². The molecule has 12 heteroatoms. The molecule has 4 N–H and O–H groups in total. The lowest BCUT2D eigenvalue weighted by Gasteiger charge is -2.14. The van der Waals surface area contributed by atoms with Gasteiger partial charge in [-0.05, 0) is 86.3 Å². The number of carbonyl (C=O) groups is 4. The Morgan fingerprint density at radius 2 is 0.660 bits per heavy atom. The summed E-state index contributed by atoms with van der Waals surface area (Å²) >= 11 is 0. The predicted molar refractivity (Wildman–Crippen MR) is 191 cm³/mol. The van der Waals surface area contributed by atoms with E-state index in [1.807, 2.05) is 0 Å². The van der Waals surface area contributed by atoms with Crippen molar-refractivity contribution in [3.05, 3.63) is 82.9 Å². The van der Waals surface area contributed by atoms with Crippen LogP contribution >= 0.6 is 0 Å². The van der Waals surface area contributed by atoms with Crippen molar-refractivity contribution in [3.8, 4) is 23.0 Å².